The van der Waals surface area contributed by atoms with E-state index in [-0.39, 0.29) is 24.4 Å². The zero-order valence-corrected chi connectivity index (χ0v) is 8.58. The molecule has 1 aromatic carbocycles. The Bertz CT molecular complexity index is 448. The molecule has 15 heavy (non-hydrogen) atoms. The molecule has 0 atom stereocenters. The molecular formula is C11H8ClNO2. The first-order valence-electron chi connectivity index (χ1n) is 4.50. The number of carbonyl (C=O) groups excluding carboxylic acids is 1. The number of hydrogen-bond acceptors (Lipinski definition) is 3. The van der Waals surface area contributed by atoms with Gasteiger partial charge < -0.3 is 5.11 Å². The average Bonchev–Trinajstić information content (AvgIpc) is 2.14. The Morgan fingerprint density at radius 3 is 2.60 bits per heavy atom. The molecule has 4 heteroatoms. The number of phenols is 1. The molecule has 2 rings (SSSR count). The number of halogens is 1. The van der Waals surface area contributed by atoms with E-state index in [0.717, 1.165) is 0 Å². The molecule has 0 spiro atoms. The number of phenolic OH excluding ortho intramolecular Hbond substituents is 1. The molecule has 76 valence electrons. The fourth-order valence-corrected chi connectivity index (χ4v) is 2.27. The standard InChI is InChI=1S/C11H8ClNO2/c12-8-2-1-3-9(15)10(8)11(6-13)4-7(14)5-11/h1-3,15H,4-5H2. The van der Waals surface area contributed by atoms with E-state index in [9.17, 15) is 9.90 Å². The van der Waals surface area contributed by atoms with Crippen LogP contribution in [-0.2, 0) is 10.2 Å². The van der Waals surface area contributed by atoms with Crippen molar-refractivity contribution in [1.82, 2.24) is 0 Å². The lowest BCUT2D eigenvalue weighted by Crippen LogP contribution is -2.40. The molecule has 0 saturated heterocycles. The van der Waals surface area contributed by atoms with Gasteiger partial charge in [0.15, 0.2) is 0 Å². The topological polar surface area (TPSA) is 61.1 Å². The third-order valence-electron chi connectivity index (χ3n) is 2.68. The van der Waals surface area contributed by atoms with Crippen molar-refractivity contribution in [2.45, 2.75) is 18.3 Å². The van der Waals surface area contributed by atoms with E-state index in [2.05, 4.69) is 6.07 Å². The SMILES string of the molecule is N#CC1(c2c(O)cccc2Cl)CC(=O)C1. The van der Waals surface area contributed by atoms with Gasteiger partial charge in [-0.05, 0) is 12.1 Å². The number of carbonyl (C=O) groups is 1. The Hall–Kier alpha value is -1.53. The second kappa shape index (κ2) is 3.25. The summed E-state index contributed by atoms with van der Waals surface area (Å²) in [4.78, 5) is 11.0. The van der Waals surface area contributed by atoms with Gasteiger partial charge in [0, 0.05) is 23.4 Å². The largest absolute Gasteiger partial charge is 0.508 e. The van der Waals surface area contributed by atoms with Crippen LogP contribution in [0.15, 0.2) is 18.2 Å². The molecule has 1 N–H and O–H groups in total. The molecule has 3 nitrogen and oxygen atoms in total. The summed E-state index contributed by atoms with van der Waals surface area (Å²) in [6.07, 6.45) is 0.279. The highest BCUT2D eigenvalue weighted by Crippen LogP contribution is 2.47. The summed E-state index contributed by atoms with van der Waals surface area (Å²) < 4.78 is 0. The minimum Gasteiger partial charge on any atom is -0.508 e. The Labute approximate surface area is 91.9 Å². The van der Waals surface area contributed by atoms with Crippen molar-refractivity contribution in [2.24, 2.45) is 0 Å². The Kier molecular flexibility index (Phi) is 2.17. The molecule has 0 bridgehead atoms. The Balaban J connectivity index is 2.54. The summed E-state index contributed by atoms with van der Waals surface area (Å²) in [5.74, 6) is 0.00687. The van der Waals surface area contributed by atoms with Crippen LogP contribution in [0.3, 0.4) is 0 Å². The molecule has 0 amide bonds. The Morgan fingerprint density at radius 1 is 1.47 bits per heavy atom. The molecule has 0 aromatic heterocycles. The monoisotopic (exact) mass is 221 g/mol. The number of ketones is 1. The molecular weight excluding hydrogens is 214 g/mol. The van der Waals surface area contributed by atoms with Crippen molar-refractivity contribution in [3.8, 4) is 11.8 Å². The number of nitriles is 1. The van der Waals surface area contributed by atoms with Crippen molar-refractivity contribution >= 4 is 17.4 Å². The summed E-state index contributed by atoms with van der Waals surface area (Å²) in [5.41, 5.74) is -0.534. The molecule has 1 aromatic rings. The maximum absolute atomic E-state index is 11.0. The van der Waals surface area contributed by atoms with Crippen LogP contribution in [0.4, 0.5) is 0 Å². The van der Waals surface area contributed by atoms with Crippen molar-refractivity contribution in [3.05, 3.63) is 28.8 Å². The van der Waals surface area contributed by atoms with E-state index in [1.807, 2.05) is 0 Å². The van der Waals surface area contributed by atoms with Gasteiger partial charge in [-0.2, -0.15) is 5.26 Å². The molecule has 0 heterocycles. The molecule has 1 fully saturated rings. The zero-order chi connectivity index (χ0) is 11.1. The summed E-state index contributed by atoms with van der Waals surface area (Å²) in [7, 11) is 0. The van der Waals surface area contributed by atoms with Crippen molar-refractivity contribution in [3.63, 3.8) is 0 Å². The van der Waals surface area contributed by atoms with E-state index in [1.54, 1.807) is 12.1 Å². The fraction of sp³-hybridized carbons (Fsp3) is 0.273. The van der Waals surface area contributed by atoms with Crippen LogP contribution in [0.25, 0.3) is 0 Å². The van der Waals surface area contributed by atoms with Gasteiger partial charge in [0.1, 0.15) is 16.9 Å². The first-order chi connectivity index (χ1) is 7.09. The molecule has 0 aliphatic heterocycles. The first-order valence-corrected chi connectivity index (χ1v) is 4.88. The maximum atomic E-state index is 11.0. The van der Waals surface area contributed by atoms with Gasteiger partial charge in [0.2, 0.25) is 0 Å². The second-order valence-electron chi connectivity index (χ2n) is 3.72. The van der Waals surface area contributed by atoms with E-state index in [4.69, 9.17) is 16.9 Å². The number of aromatic hydroxyl groups is 1. The van der Waals surface area contributed by atoms with E-state index in [1.165, 1.54) is 6.07 Å². The number of nitrogens with zero attached hydrogens (tertiary/aromatic N) is 1. The predicted octanol–water partition coefficient (Wildman–Crippen LogP) is 2.17. The van der Waals surface area contributed by atoms with Crippen LogP contribution < -0.4 is 0 Å². The lowest BCUT2D eigenvalue weighted by molar-refractivity contribution is -0.126. The predicted molar refractivity (Wildman–Crippen MR) is 54.6 cm³/mol. The summed E-state index contributed by atoms with van der Waals surface area (Å²) in [5, 5.41) is 19.1. The summed E-state index contributed by atoms with van der Waals surface area (Å²) in [6, 6.07) is 6.77. The van der Waals surface area contributed by atoms with Crippen LogP contribution in [0, 0.1) is 11.3 Å². The third kappa shape index (κ3) is 1.38. The summed E-state index contributed by atoms with van der Waals surface area (Å²) in [6.45, 7) is 0. The molecule has 0 unspecified atom stereocenters. The van der Waals surface area contributed by atoms with Crippen molar-refractivity contribution in [1.29, 1.82) is 5.26 Å². The number of Topliss-reactive ketones (excluding diaryl/α,β-unsaturated/α-hetero) is 1. The quantitative estimate of drug-likeness (QED) is 0.791. The smallest absolute Gasteiger partial charge is 0.136 e. The summed E-state index contributed by atoms with van der Waals surface area (Å²) >= 11 is 5.93. The van der Waals surface area contributed by atoms with Gasteiger partial charge in [0.05, 0.1) is 6.07 Å². The highest BCUT2D eigenvalue weighted by Gasteiger charge is 2.48. The highest BCUT2D eigenvalue weighted by atomic mass is 35.5. The normalized spacial score (nSPS) is 18.0. The Morgan fingerprint density at radius 2 is 2.13 bits per heavy atom. The van der Waals surface area contributed by atoms with Crippen LogP contribution in [0.1, 0.15) is 18.4 Å². The van der Waals surface area contributed by atoms with Gasteiger partial charge in [0.25, 0.3) is 0 Å². The van der Waals surface area contributed by atoms with Crippen LogP contribution in [0.5, 0.6) is 5.75 Å². The van der Waals surface area contributed by atoms with E-state index in [0.29, 0.717) is 10.6 Å². The fourth-order valence-electron chi connectivity index (χ4n) is 1.92. The minimum absolute atomic E-state index is 0.0171. The van der Waals surface area contributed by atoms with E-state index < -0.39 is 5.41 Å². The lowest BCUT2D eigenvalue weighted by atomic mass is 9.64. The zero-order valence-electron chi connectivity index (χ0n) is 7.83. The van der Waals surface area contributed by atoms with Crippen LogP contribution in [-0.4, -0.2) is 10.9 Å². The van der Waals surface area contributed by atoms with Gasteiger partial charge >= 0.3 is 0 Å². The maximum Gasteiger partial charge on any atom is 0.136 e. The molecule has 1 saturated carbocycles. The molecule has 1 aliphatic rings. The van der Waals surface area contributed by atoms with Crippen molar-refractivity contribution < 1.29 is 9.90 Å². The number of rotatable bonds is 1. The lowest BCUT2D eigenvalue weighted by Gasteiger charge is -2.34. The van der Waals surface area contributed by atoms with E-state index >= 15 is 0 Å². The van der Waals surface area contributed by atoms with Gasteiger partial charge in [-0.25, -0.2) is 0 Å². The average molecular weight is 222 g/mol. The molecule has 0 radical (unpaired) electrons. The van der Waals surface area contributed by atoms with Crippen LogP contribution >= 0.6 is 11.6 Å². The number of benzene rings is 1. The van der Waals surface area contributed by atoms with Crippen LogP contribution in [0.2, 0.25) is 5.02 Å². The van der Waals surface area contributed by atoms with Gasteiger partial charge in [-0.3, -0.25) is 4.79 Å². The highest BCUT2D eigenvalue weighted by molar-refractivity contribution is 6.31. The molecule has 1 aliphatic carbocycles. The van der Waals surface area contributed by atoms with Crippen molar-refractivity contribution in [2.75, 3.05) is 0 Å². The number of hydrogen-bond donors (Lipinski definition) is 1. The minimum atomic E-state index is -0.917. The second-order valence-corrected chi connectivity index (χ2v) is 4.13. The first kappa shape index (κ1) is 10.0. The third-order valence-corrected chi connectivity index (χ3v) is 3.00. The van der Waals surface area contributed by atoms with Gasteiger partial charge in [-0.1, -0.05) is 17.7 Å². The van der Waals surface area contributed by atoms with Gasteiger partial charge in [-0.15, -0.1) is 0 Å².